The molecule has 1 aromatic rings. The maximum absolute atomic E-state index is 9.26. The molecule has 2 rings (SSSR count). The second kappa shape index (κ2) is 7.72. The van der Waals surface area contributed by atoms with Crippen LogP contribution in [0.3, 0.4) is 0 Å². The van der Waals surface area contributed by atoms with E-state index in [0.717, 1.165) is 5.69 Å². The SMILES string of the molecule is CN(C)c1cc2c(cc1C#N)OCCOCCOCCO2. The van der Waals surface area contributed by atoms with Gasteiger partial charge in [-0.05, 0) is 0 Å². The first-order chi connectivity index (χ1) is 10.2. The van der Waals surface area contributed by atoms with E-state index in [2.05, 4.69) is 6.07 Å². The van der Waals surface area contributed by atoms with E-state index in [1.54, 1.807) is 6.07 Å². The summed E-state index contributed by atoms with van der Waals surface area (Å²) in [6, 6.07) is 5.71. The van der Waals surface area contributed by atoms with Gasteiger partial charge in [0, 0.05) is 26.2 Å². The summed E-state index contributed by atoms with van der Waals surface area (Å²) in [5.74, 6) is 1.17. The van der Waals surface area contributed by atoms with Crippen LogP contribution in [0.25, 0.3) is 0 Å². The molecule has 0 unspecified atom stereocenters. The van der Waals surface area contributed by atoms with Crippen LogP contribution in [0.2, 0.25) is 0 Å². The monoisotopic (exact) mass is 292 g/mol. The quantitative estimate of drug-likeness (QED) is 0.780. The van der Waals surface area contributed by atoms with Crippen molar-refractivity contribution in [3.05, 3.63) is 17.7 Å². The molecule has 0 atom stereocenters. The summed E-state index contributed by atoms with van der Waals surface area (Å²) < 4.78 is 22.2. The summed E-state index contributed by atoms with van der Waals surface area (Å²) in [6.45, 7) is 2.88. The van der Waals surface area contributed by atoms with Gasteiger partial charge < -0.3 is 23.8 Å². The van der Waals surface area contributed by atoms with Gasteiger partial charge >= 0.3 is 0 Å². The van der Waals surface area contributed by atoms with Gasteiger partial charge in [-0.2, -0.15) is 5.26 Å². The number of benzene rings is 1. The molecule has 0 amide bonds. The summed E-state index contributed by atoms with van der Waals surface area (Å²) in [5, 5.41) is 9.26. The van der Waals surface area contributed by atoms with Crippen molar-refractivity contribution < 1.29 is 18.9 Å². The van der Waals surface area contributed by atoms with E-state index in [0.29, 0.717) is 56.7 Å². The fourth-order valence-corrected chi connectivity index (χ4v) is 1.98. The van der Waals surface area contributed by atoms with Crippen LogP contribution in [-0.2, 0) is 9.47 Å². The molecule has 1 aliphatic heterocycles. The molecule has 0 spiro atoms. The number of ether oxygens (including phenoxy) is 4. The van der Waals surface area contributed by atoms with Gasteiger partial charge in [0.2, 0.25) is 0 Å². The zero-order chi connectivity index (χ0) is 15.1. The Morgan fingerprint density at radius 3 is 1.95 bits per heavy atom. The maximum Gasteiger partial charge on any atom is 0.163 e. The number of hydrogen-bond donors (Lipinski definition) is 0. The Balaban J connectivity index is 2.27. The third-order valence-electron chi connectivity index (χ3n) is 3.01. The summed E-state index contributed by atoms with van der Waals surface area (Å²) in [6.07, 6.45) is 0. The van der Waals surface area contributed by atoms with Gasteiger partial charge in [-0.3, -0.25) is 0 Å². The van der Waals surface area contributed by atoms with Gasteiger partial charge in [0.25, 0.3) is 0 Å². The van der Waals surface area contributed by atoms with Crippen molar-refractivity contribution in [3.8, 4) is 17.6 Å². The van der Waals surface area contributed by atoms with Crippen LogP contribution < -0.4 is 14.4 Å². The zero-order valence-corrected chi connectivity index (χ0v) is 12.4. The fraction of sp³-hybridized carbons (Fsp3) is 0.533. The third-order valence-corrected chi connectivity index (χ3v) is 3.01. The van der Waals surface area contributed by atoms with Crippen molar-refractivity contribution in [3.63, 3.8) is 0 Å². The van der Waals surface area contributed by atoms with Crippen molar-refractivity contribution in [1.82, 2.24) is 0 Å². The third kappa shape index (κ3) is 4.25. The molecule has 0 saturated carbocycles. The Hall–Kier alpha value is -1.97. The molecule has 1 aliphatic rings. The molecule has 114 valence electrons. The first kappa shape index (κ1) is 15.4. The van der Waals surface area contributed by atoms with Gasteiger partial charge in [0.15, 0.2) is 11.5 Å². The Morgan fingerprint density at radius 1 is 0.905 bits per heavy atom. The molecule has 0 bridgehead atoms. The Kier molecular flexibility index (Phi) is 5.67. The molecular weight excluding hydrogens is 272 g/mol. The first-order valence-corrected chi connectivity index (χ1v) is 6.89. The number of rotatable bonds is 1. The van der Waals surface area contributed by atoms with Crippen LogP contribution in [-0.4, -0.2) is 53.7 Å². The molecular formula is C15H20N2O4. The van der Waals surface area contributed by atoms with Crippen molar-refractivity contribution in [1.29, 1.82) is 5.26 Å². The minimum absolute atomic E-state index is 0.405. The number of hydrogen-bond acceptors (Lipinski definition) is 6. The number of nitriles is 1. The molecule has 21 heavy (non-hydrogen) atoms. The van der Waals surface area contributed by atoms with Crippen molar-refractivity contribution in [2.45, 2.75) is 0 Å². The van der Waals surface area contributed by atoms with E-state index in [9.17, 15) is 5.26 Å². The number of nitrogens with zero attached hydrogens (tertiary/aromatic N) is 2. The molecule has 0 saturated heterocycles. The van der Waals surface area contributed by atoms with Gasteiger partial charge in [-0.25, -0.2) is 0 Å². The average Bonchev–Trinajstić information content (AvgIpc) is 2.47. The van der Waals surface area contributed by atoms with E-state index >= 15 is 0 Å². The Labute approximate surface area is 124 Å². The molecule has 0 N–H and O–H groups in total. The number of fused-ring (bicyclic) bond motifs is 1. The minimum atomic E-state index is 0.405. The van der Waals surface area contributed by atoms with Crippen LogP contribution in [0.15, 0.2) is 12.1 Å². The smallest absolute Gasteiger partial charge is 0.163 e. The van der Waals surface area contributed by atoms with Gasteiger partial charge in [-0.1, -0.05) is 0 Å². The van der Waals surface area contributed by atoms with Crippen LogP contribution in [0, 0.1) is 11.3 Å². The van der Waals surface area contributed by atoms with E-state index in [1.165, 1.54) is 0 Å². The van der Waals surface area contributed by atoms with Gasteiger partial charge in [-0.15, -0.1) is 0 Å². The lowest BCUT2D eigenvalue weighted by atomic mass is 10.1. The van der Waals surface area contributed by atoms with E-state index in [4.69, 9.17) is 18.9 Å². The molecule has 0 radical (unpaired) electrons. The highest BCUT2D eigenvalue weighted by Gasteiger charge is 2.14. The molecule has 6 nitrogen and oxygen atoms in total. The maximum atomic E-state index is 9.26. The van der Waals surface area contributed by atoms with E-state index in [1.807, 2.05) is 25.1 Å². The number of anilines is 1. The van der Waals surface area contributed by atoms with Crippen molar-refractivity contribution >= 4 is 5.69 Å². The molecule has 0 aromatic heterocycles. The van der Waals surface area contributed by atoms with Crippen LogP contribution in [0.5, 0.6) is 11.5 Å². The van der Waals surface area contributed by atoms with Gasteiger partial charge in [0.05, 0.1) is 37.7 Å². The standard InChI is InChI=1S/C15H20N2O4/c1-17(2)13-10-15-14(9-12(13)11-16)20-7-5-18-3-4-19-6-8-21-15/h9-10H,3-8H2,1-2H3. The summed E-state index contributed by atoms with van der Waals surface area (Å²) in [5.41, 5.74) is 1.34. The van der Waals surface area contributed by atoms with Crippen molar-refractivity contribution in [2.24, 2.45) is 0 Å². The highest BCUT2D eigenvalue weighted by atomic mass is 16.6. The van der Waals surface area contributed by atoms with Crippen LogP contribution in [0.4, 0.5) is 5.69 Å². The molecule has 0 fully saturated rings. The van der Waals surface area contributed by atoms with E-state index in [-0.39, 0.29) is 0 Å². The average molecular weight is 292 g/mol. The predicted octanol–water partition coefficient (Wildman–Crippen LogP) is 1.43. The van der Waals surface area contributed by atoms with Gasteiger partial charge in [0.1, 0.15) is 19.3 Å². The molecule has 6 heteroatoms. The predicted molar refractivity (Wildman–Crippen MR) is 78.1 cm³/mol. The lowest BCUT2D eigenvalue weighted by molar-refractivity contribution is 0.0223. The molecule has 1 aromatic carbocycles. The summed E-state index contributed by atoms with van der Waals surface area (Å²) >= 11 is 0. The minimum Gasteiger partial charge on any atom is -0.487 e. The Bertz CT molecular complexity index is 511. The largest absolute Gasteiger partial charge is 0.487 e. The van der Waals surface area contributed by atoms with E-state index < -0.39 is 0 Å². The Morgan fingerprint density at radius 2 is 1.43 bits per heavy atom. The zero-order valence-electron chi connectivity index (χ0n) is 12.4. The highest BCUT2D eigenvalue weighted by molar-refractivity contribution is 5.65. The fourth-order valence-electron chi connectivity index (χ4n) is 1.98. The first-order valence-electron chi connectivity index (χ1n) is 6.89. The highest BCUT2D eigenvalue weighted by Crippen LogP contribution is 2.34. The normalized spacial score (nSPS) is 16.2. The summed E-state index contributed by atoms with van der Waals surface area (Å²) in [4.78, 5) is 1.87. The lowest BCUT2D eigenvalue weighted by Gasteiger charge is -2.19. The summed E-state index contributed by atoms with van der Waals surface area (Å²) in [7, 11) is 3.77. The topological polar surface area (TPSA) is 64.0 Å². The second-order valence-electron chi connectivity index (χ2n) is 4.74. The lowest BCUT2D eigenvalue weighted by Crippen LogP contribution is -2.17. The van der Waals surface area contributed by atoms with Crippen LogP contribution >= 0.6 is 0 Å². The molecule has 1 heterocycles. The van der Waals surface area contributed by atoms with Crippen LogP contribution in [0.1, 0.15) is 5.56 Å². The molecule has 0 aliphatic carbocycles. The second-order valence-corrected chi connectivity index (χ2v) is 4.74. The van der Waals surface area contributed by atoms with Crippen molar-refractivity contribution in [2.75, 3.05) is 58.6 Å².